The van der Waals surface area contributed by atoms with Gasteiger partial charge >= 0.3 is 0 Å². The number of aromatic nitrogens is 2. The van der Waals surface area contributed by atoms with E-state index in [2.05, 4.69) is 20.9 Å². The molecule has 6 heteroatoms. The van der Waals surface area contributed by atoms with Crippen molar-refractivity contribution in [2.45, 2.75) is 26.4 Å². The number of nitrogen functional groups attached to an aromatic ring is 1. The highest BCUT2D eigenvalue weighted by molar-refractivity contribution is 5.49. The van der Waals surface area contributed by atoms with E-state index in [0.717, 1.165) is 59.9 Å². The van der Waals surface area contributed by atoms with Crippen molar-refractivity contribution in [2.24, 2.45) is 0 Å². The molecule has 0 saturated heterocycles. The van der Waals surface area contributed by atoms with Gasteiger partial charge in [-0.1, -0.05) is 6.07 Å². The second kappa shape index (κ2) is 6.42. The van der Waals surface area contributed by atoms with Crippen LogP contribution in [-0.2, 0) is 19.5 Å². The van der Waals surface area contributed by atoms with Crippen LogP contribution in [0.25, 0.3) is 0 Å². The molecule has 122 valence electrons. The fraction of sp³-hybridized carbons (Fsp3) is 0.412. The Morgan fingerprint density at radius 1 is 1.26 bits per heavy atom. The molecule has 0 fully saturated rings. The molecule has 2 heterocycles. The van der Waals surface area contributed by atoms with E-state index in [0.29, 0.717) is 5.95 Å². The number of nitrogens with zero attached hydrogens (tertiary/aromatic N) is 3. The van der Waals surface area contributed by atoms with E-state index in [1.165, 1.54) is 0 Å². The molecule has 0 atom stereocenters. The zero-order valence-corrected chi connectivity index (χ0v) is 13.8. The van der Waals surface area contributed by atoms with Crippen molar-refractivity contribution in [2.75, 3.05) is 26.5 Å². The molecule has 1 aromatic heterocycles. The Hall–Kier alpha value is -2.34. The van der Waals surface area contributed by atoms with Crippen LogP contribution in [0.3, 0.4) is 0 Å². The van der Waals surface area contributed by atoms with E-state index >= 15 is 0 Å². The smallest absolute Gasteiger partial charge is 0.220 e. The highest BCUT2D eigenvalue weighted by atomic mass is 16.5. The van der Waals surface area contributed by atoms with Gasteiger partial charge in [-0.05, 0) is 13.0 Å². The molecule has 0 aliphatic carbocycles. The molecule has 0 saturated carbocycles. The lowest BCUT2D eigenvalue weighted by atomic mass is 10.0. The fourth-order valence-corrected chi connectivity index (χ4v) is 3.13. The average molecular weight is 314 g/mol. The second-order valence-electron chi connectivity index (χ2n) is 5.75. The van der Waals surface area contributed by atoms with Crippen molar-refractivity contribution in [1.82, 2.24) is 14.9 Å². The minimum Gasteiger partial charge on any atom is -0.496 e. The minimum absolute atomic E-state index is 0.352. The zero-order chi connectivity index (χ0) is 16.4. The quantitative estimate of drug-likeness (QED) is 0.930. The number of ether oxygens (including phenoxy) is 2. The predicted molar refractivity (Wildman–Crippen MR) is 88.5 cm³/mol. The van der Waals surface area contributed by atoms with Crippen LogP contribution in [0, 0.1) is 6.92 Å². The van der Waals surface area contributed by atoms with Crippen molar-refractivity contribution < 1.29 is 9.47 Å². The lowest BCUT2D eigenvalue weighted by Gasteiger charge is -2.28. The van der Waals surface area contributed by atoms with Crippen LogP contribution < -0.4 is 15.2 Å². The summed E-state index contributed by atoms with van der Waals surface area (Å²) in [5, 5.41) is 0. The van der Waals surface area contributed by atoms with E-state index in [1.54, 1.807) is 14.2 Å². The number of methoxy groups -OCH3 is 2. The summed E-state index contributed by atoms with van der Waals surface area (Å²) in [5.74, 6) is 2.09. The minimum atomic E-state index is 0.352. The van der Waals surface area contributed by atoms with Crippen LogP contribution in [0.4, 0.5) is 5.95 Å². The van der Waals surface area contributed by atoms with E-state index in [-0.39, 0.29) is 0 Å². The van der Waals surface area contributed by atoms with Crippen molar-refractivity contribution in [3.05, 3.63) is 40.7 Å². The largest absolute Gasteiger partial charge is 0.496 e. The molecule has 6 nitrogen and oxygen atoms in total. The summed E-state index contributed by atoms with van der Waals surface area (Å²) in [5.41, 5.74) is 10.1. The highest BCUT2D eigenvalue weighted by Crippen LogP contribution is 2.32. The number of fused-ring (bicyclic) bond motifs is 1. The van der Waals surface area contributed by atoms with Gasteiger partial charge in [0.15, 0.2) is 0 Å². The number of anilines is 1. The van der Waals surface area contributed by atoms with E-state index < -0.39 is 0 Å². The molecule has 2 aromatic rings. The summed E-state index contributed by atoms with van der Waals surface area (Å²) in [6, 6.07) is 4.06. The molecule has 0 radical (unpaired) electrons. The third kappa shape index (κ3) is 3.07. The Bertz CT molecular complexity index is 718. The summed E-state index contributed by atoms with van der Waals surface area (Å²) in [7, 11) is 3.38. The van der Waals surface area contributed by atoms with Gasteiger partial charge in [0.2, 0.25) is 5.95 Å². The molecule has 0 bridgehead atoms. The fourth-order valence-electron chi connectivity index (χ4n) is 3.13. The standard InChI is InChI=1S/C17H22N4O2/c1-11-15(22-2)5-4-12(16(11)23-3)9-21-7-6-14-13(10-21)8-19-17(18)20-14/h4-5,8H,6-7,9-10H2,1-3H3,(H2,18,19,20). The molecule has 23 heavy (non-hydrogen) atoms. The summed E-state index contributed by atoms with van der Waals surface area (Å²) in [6.07, 6.45) is 2.72. The number of rotatable bonds is 4. The lowest BCUT2D eigenvalue weighted by molar-refractivity contribution is 0.239. The van der Waals surface area contributed by atoms with Crippen LogP contribution in [0.2, 0.25) is 0 Å². The molecule has 1 aliphatic rings. The topological polar surface area (TPSA) is 73.5 Å². The maximum Gasteiger partial charge on any atom is 0.220 e. The van der Waals surface area contributed by atoms with Crippen molar-refractivity contribution in [3.8, 4) is 11.5 Å². The first-order valence-corrected chi connectivity index (χ1v) is 7.65. The second-order valence-corrected chi connectivity index (χ2v) is 5.75. The summed E-state index contributed by atoms with van der Waals surface area (Å²) in [4.78, 5) is 10.8. The Kier molecular flexibility index (Phi) is 4.34. The highest BCUT2D eigenvalue weighted by Gasteiger charge is 2.20. The molecule has 2 N–H and O–H groups in total. The van der Waals surface area contributed by atoms with Gasteiger partial charge in [-0.2, -0.15) is 0 Å². The van der Waals surface area contributed by atoms with E-state index in [1.807, 2.05) is 19.2 Å². The molecule has 0 amide bonds. The number of hydrogen-bond donors (Lipinski definition) is 1. The van der Waals surface area contributed by atoms with Crippen molar-refractivity contribution >= 4 is 5.95 Å². The maximum absolute atomic E-state index is 5.66. The molecule has 0 unspecified atom stereocenters. The Morgan fingerprint density at radius 2 is 2.09 bits per heavy atom. The lowest BCUT2D eigenvalue weighted by Crippen LogP contribution is -2.31. The summed E-state index contributed by atoms with van der Waals surface area (Å²) >= 11 is 0. The van der Waals surface area contributed by atoms with Gasteiger partial charge < -0.3 is 15.2 Å². The van der Waals surface area contributed by atoms with Gasteiger partial charge in [0, 0.05) is 48.9 Å². The van der Waals surface area contributed by atoms with Crippen LogP contribution in [0.5, 0.6) is 11.5 Å². The number of hydrogen-bond acceptors (Lipinski definition) is 6. The van der Waals surface area contributed by atoms with E-state index in [4.69, 9.17) is 15.2 Å². The van der Waals surface area contributed by atoms with Gasteiger partial charge in [-0.25, -0.2) is 9.97 Å². The normalized spacial score (nSPS) is 14.4. The molecular formula is C17H22N4O2. The first kappa shape index (κ1) is 15.6. The van der Waals surface area contributed by atoms with Crippen LogP contribution >= 0.6 is 0 Å². The third-order valence-electron chi connectivity index (χ3n) is 4.29. The van der Waals surface area contributed by atoms with Crippen LogP contribution in [-0.4, -0.2) is 35.6 Å². The molecular weight excluding hydrogens is 292 g/mol. The Balaban J connectivity index is 1.81. The van der Waals surface area contributed by atoms with Gasteiger partial charge in [0.25, 0.3) is 0 Å². The molecule has 3 rings (SSSR count). The summed E-state index contributed by atoms with van der Waals surface area (Å²) in [6.45, 7) is 4.60. The first-order valence-electron chi connectivity index (χ1n) is 7.65. The Labute approximate surface area is 136 Å². The monoisotopic (exact) mass is 314 g/mol. The van der Waals surface area contributed by atoms with Crippen LogP contribution in [0.1, 0.15) is 22.4 Å². The zero-order valence-electron chi connectivity index (χ0n) is 13.8. The number of benzene rings is 1. The molecule has 0 spiro atoms. The summed E-state index contributed by atoms with van der Waals surface area (Å²) < 4.78 is 11.0. The number of nitrogens with two attached hydrogens (primary N) is 1. The molecule has 1 aromatic carbocycles. The van der Waals surface area contributed by atoms with Gasteiger partial charge in [-0.3, -0.25) is 4.90 Å². The third-order valence-corrected chi connectivity index (χ3v) is 4.29. The van der Waals surface area contributed by atoms with Crippen LogP contribution in [0.15, 0.2) is 18.3 Å². The van der Waals surface area contributed by atoms with Gasteiger partial charge in [-0.15, -0.1) is 0 Å². The molecule has 1 aliphatic heterocycles. The average Bonchev–Trinajstić information content (AvgIpc) is 2.55. The SMILES string of the molecule is COc1ccc(CN2CCc3nc(N)ncc3C2)c(OC)c1C. The first-order chi connectivity index (χ1) is 11.1. The van der Waals surface area contributed by atoms with Crippen molar-refractivity contribution in [3.63, 3.8) is 0 Å². The predicted octanol–water partition coefficient (Wildman–Crippen LogP) is 1.94. The van der Waals surface area contributed by atoms with Crippen molar-refractivity contribution in [1.29, 1.82) is 0 Å². The maximum atomic E-state index is 5.66. The Morgan fingerprint density at radius 3 is 2.83 bits per heavy atom. The van der Waals surface area contributed by atoms with Gasteiger partial charge in [0.1, 0.15) is 11.5 Å². The van der Waals surface area contributed by atoms with E-state index in [9.17, 15) is 0 Å². The van der Waals surface area contributed by atoms with Gasteiger partial charge in [0.05, 0.1) is 19.9 Å².